The van der Waals surface area contributed by atoms with Crippen LogP contribution in [0.2, 0.25) is 0 Å². The van der Waals surface area contributed by atoms with Crippen molar-refractivity contribution in [1.82, 2.24) is 14.9 Å². The maximum absolute atomic E-state index is 12.5. The number of carbonyl (C=O) groups excluding carboxylic acids is 2. The number of phenols is 1. The van der Waals surface area contributed by atoms with Crippen molar-refractivity contribution in [3.63, 3.8) is 0 Å². The molecule has 1 heterocycles. The third kappa shape index (κ3) is 6.20. The molecule has 0 spiro atoms. The summed E-state index contributed by atoms with van der Waals surface area (Å²) in [4.78, 5) is 24.5. The first-order valence-corrected chi connectivity index (χ1v) is 11.3. The van der Waals surface area contributed by atoms with Crippen LogP contribution < -0.4 is 10.6 Å². The first-order chi connectivity index (χ1) is 13.3. The molecule has 156 valence electrons. The highest BCUT2D eigenvalue weighted by Gasteiger charge is 2.35. The summed E-state index contributed by atoms with van der Waals surface area (Å²) < 4.78 is 26.1. The smallest absolute Gasteiger partial charge is 0.251 e. The van der Waals surface area contributed by atoms with E-state index in [0.717, 1.165) is 12.8 Å². The number of amides is 2. The molecule has 0 bridgehead atoms. The van der Waals surface area contributed by atoms with Gasteiger partial charge < -0.3 is 15.7 Å². The number of nitrogens with one attached hydrogen (secondary N) is 2. The lowest BCUT2D eigenvalue weighted by Crippen LogP contribution is -2.52. The molecule has 8 nitrogen and oxygen atoms in total. The number of hydrogen-bond donors (Lipinski definition) is 3. The molecule has 0 aromatic heterocycles. The van der Waals surface area contributed by atoms with Crippen LogP contribution in [-0.4, -0.2) is 61.1 Å². The lowest BCUT2D eigenvalue weighted by molar-refractivity contribution is -0.125. The Kier molecular flexibility index (Phi) is 8.25. The normalized spacial score (nSPS) is 17.8. The van der Waals surface area contributed by atoms with Gasteiger partial charge >= 0.3 is 0 Å². The summed E-state index contributed by atoms with van der Waals surface area (Å²) in [5.41, 5.74) is 0.364. The zero-order valence-corrected chi connectivity index (χ0v) is 17.0. The van der Waals surface area contributed by atoms with Gasteiger partial charge in [-0.25, -0.2) is 8.42 Å². The zero-order chi connectivity index (χ0) is 20.6. The van der Waals surface area contributed by atoms with E-state index in [4.69, 9.17) is 0 Å². The largest absolute Gasteiger partial charge is 0.508 e. The fraction of sp³-hybridized carbons (Fsp3) is 0.579. The maximum Gasteiger partial charge on any atom is 0.251 e. The Morgan fingerprint density at radius 1 is 1.21 bits per heavy atom. The summed E-state index contributed by atoms with van der Waals surface area (Å²) >= 11 is 0. The van der Waals surface area contributed by atoms with Crippen molar-refractivity contribution in [1.29, 1.82) is 0 Å². The van der Waals surface area contributed by atoms with E-state index >= 15 is 0 Å². The molecule has 2 amide bonds. The first kappa shape index (κ1) is 22.2. The Labute approximate surface area is 166 Å². The number of rotatable bonds is 9. The van der Waals surface area contributed by atoms with Crippen LogP contribution in [0.25, 0.3) is 0 Å². The molecule has 1 fully saturated rings. The Balaban J connectivity index is 1.77. The molecule has 1 aliphatic rings. The number of benzene rings is 1. The van der Waals surface area contributed by atoms with E-state index in [0.29, 0.717) is 44.5 Å². The van der Waals surface area contributed by atoms with Gasteiger partial charge in [-0.3, -0.25) is 9.59 Å². The Hall–Kier alpha value is -2.13. The highest BCUT2D eigenvalue weighted by atomic mass is 32.2. The molecule has 1 atom stereocenters. The number of piperidine rings is 1. The van der Waals surface area contributed by atoms with Gasteiger partial charge in [0.05, 0.1) is 5.75 Å². The minimum atomic E-state index is -3.41. The van der Waals surface area contributed by atoms with Crippen LogP contribution in [-0.2, 0) is 14.8 Å². The second-order valence-electron chi connectivity index (χ2n) is 6.89. The highest BCUT2D eigenvalue weighted by molar-refractivity contribution is 7.89. The second-order valence-corrected chi connectivity index (χ2v) is 8.93. The third-order valence-corrected chi connectivity index (χ3v) is 6.70. The summed E-state index contributed by atoms with van der Waals surface area (Å²) in [7, 11) is -3.41. The van der Waals surface area contributed by atoms with Crippen LogP contribution in [0.15, 0.2) is 24.3 Å². The van der Waals surface area contributed by atoms with Crippen molar-refractivity contribution in [2.45, 2.75) is 45.1 Å². The molecule has 0 aliphatic carbocycles. The van der Waals surface area contributed by atoms with Crippen LogP contribution in [0.4, 0.5) is 0 Å². The molecular formula is C19H29N3O5S. The highest BCUT2D eigenvalue weighted by Crippen LogP contribution is 2.21. The van der Waals surface area contributed by atoms with Crippen LogP contribution in [0.5, 0.6) is 5.75 Å². The summed E-state index contributed by atoms with van der Waals surface area (Å²) in [6.45, 7) is 2.90. The molecular weight excluding hydrogens is 382 g/mol. The standard InChI is InChI=1S/C19H29N3O5S/c1-2-13-28(26,27)22-12-4-3-9-17(22)19(25)21-11-6-10-20-18(24)15-7-5-8-16(23)14-15/h5,7-8,14,17,23H,2-4,6,9-13H2,1H3,(H,20,24)(H,21,25). The Morgan fingerprint density at radius 2 is 1.96 bits per heavy atom. The van der Waals surface area contributed by atoms with E-state index in [9.17, 15) is 23.1 Å². The van der Waals surface area contributed by atoms with Crippen molar-refractivity contribution in [3.05, 3.63) is 29.8 Å². The maximum atomic E-state index is 12.5. The quantitative estimate of drug-likeness (QED) is 0.529. The zero-order valence-electron chi connectivity index (χ0n) is 16.2. The number of phenolic OH excluding ortho intramolecular Hbond substituents is 1. The molecule has 1 unspecified atom stereocenters. The van der Waals surface area contributed by atoms with Gasteiger partial charge in [0.1, 0.15) is 11.8 Å². The summed E-state index contributed by atoms with van der Waals surface area (Å²) in [6, 6.07) is 5.41. The molecule has 1 aliphatic heterocycles. The molecule has 0 saturated carbocycles. The van der Waals surface area contributed by atoms with Crippen molar-refractivity contribution >= 4 is 21.8 Å². The van der Waals surface area contributed by atoms with E-state index in [1.165, 1.54) is 16.4 Å². The lowest BCUT2D eigenvalue weighted by atomic mass is 10.0. The van der Waals surface area contributed by atoms with Crippen LogP contribution >= 0.6 is 0 Å². The third-order valence-electron chi connectivity index (χ3n) is 4.62. The monoisotopic (exact) mass is 411 g/mol. The number of nitrogens with zero attached hydrogens (tertiary/aromatic N) is 1. The average Bonchev–Trinajstić information content (AvgIpc) is 2.67. The Morgan fingerprint density at radius 3 is 2.68 bits per heavy atom. The molecule has 28 heavy (non-hydrogen) atoms. The van der Waals surface area contributed by atoms with Gasteiger partial charge in [-0.2, -0.15) is 4.31 Å². The molecule has 0 radical (unpaired) electrons. The molecule has 3 N–H and O–H groups in total. The van der Waals surface area contributed by atoms with Crippen molar-refractivity contribution in [2.75, 3.05) is 25.4 Å². The summed E-state index contributed by atoms with van der Waals surface area (Å²) in [5.74, 6) is -0.502. The summed E-state index contributed by atoms with van der Waals surface area (Å²) in [5, 5.41) is 14.9. The van der Waals surface area contributed by atoms with Gasteiger partial charge in [-0.05, 0) is 43.9 Å². The molecule has 1 aromatic rings. The molecule has 1 aromatic carbocycles. The predicted octanol–water partition coefficient (Wildman–Crippen LogP) is 1.22. The minimum absolute atomic E-state index is 0.0231. The predicted molar refractivity (Wildman–Crippen MR) is 106 cm³/mol. The van der Waals surface area contributed by atoms with E-state index in [1.807, 2.05) is 6.92 Å². The van der Waals surface area contributed by atoms with Crippen molar-refractivity contribution in [3.8, 4) is 5.75 Å². The van der Waals surface area contributed by atoms with Gasteiger partial charge in [0.2, 0.25) is 15.9 Å². The number of carbonyl (C=O) groups is 2. The SMILES string of the molecule is CCCS(=O)(=O)N1CCCCC1C(=O)NCCCNC(=O)c1cccc(O)c1. The first-order valence-electron chi connectivity index (χ1n) is 9.69. The number of aromatic hydroxyl groups is 1. The fourth-order valence-electron chi connectivity index (χ4n) is 3.24. The molecule has 1 saturated heterocycles. The number of hydrogen-bond acceptors (Lipinski definition) is 5. The van der Waals surface area contributed by atoms with E-state index in [1.54, 1.807) is 12.1 Å². The van der Waals surface area contributed by atoms with Gasteiger partial charge in [0.15, 0.2) is 0 Å². The average molecular weight is 412 g/mol. The minimum Gasteiger partial charge on any atom is -0.508 e. The fourth-order valence-corrected chi connectivity index (χ4v) is 4.99. The van der Waals surface area contributed by atoms with E-state index in [2.05, 4.69) is 10.6 Å². The van der Waals surface area contributed by atoms with Gasteiger partial charge in [-0.15, -0.1) is 0 Å². The molecule has 9 heteroatoms. The summed E-state index contributed by atoms with van der Waals surface area (Å²) in [6.07, 6.45) is 3.17. The van der Waals surface area contributed by atoms with Crippen molar-refractivity contribution < 1.29 is 23.1 Å². The van der Waals surface area contributed by atoms with Gasteiger partial charge in [0, 0.05) is 25.2 Å². The topological polar surface area (TPSA) is 116 Å². The second kappa shape index (κ2) is 10.4. The van der Waals surface area contributed by atoms with Gasteiger partial charge in [-0.1, -0.05) is 19.4 Å². The van der Waals surface area contributed by atoms with Gasteiger partial charge in [0.25, 0.3) is 5.91 Å². The van der Waals surface area contributed by atoms with E-state index < -0.39 is 16.1 Å². The molecule has 2 rings (SSSR count). The van der Waals surface area contributed by atoms with E-state index in [-0.39, 0.29) is 23.3 Å². The number of sulfonamides is 1. The van der Waals surface area contributed by atoms with Crippen molar-refractivity contribution in [2.24, 2.45) is 0 Å². The lowest BCUT2D eigenvalue weighted by Gasteiger charge is -2.33. The Bertz CT molecular complexity index is 782. The van der Waals surface area contributed by atoms with Crippen LogP contribution in [0.1, 0.15) is 49.4 Å². The van der Waals surface area contributed by atoms with Crippen LogP contribution in [0, 0.1) is 0 Å². The van der Waals surface area contributed by atoms with Crippen LogP contribution in [0.3, 0.4) is 0 Å².